The third-order valence-corrected chi connectivity index (χ3v) is 4.12. The Morgan fingerprint density at radius 2 is 2.17 bits per heavy atom. The van der Waals surface area contributed by atoms with E-state index in [1.54, 1.807) is 0 Å². The molecule has 92 valence electrons. The number of thiophene rings is 1. The van der Waals surface area contributed by atoms with E-state index in [1.807, 2.05) is 40.6 Å². The summed E-state index contributed by atoms with van der Waals surface area (Å²) in [6.07, 6.45) is 0.886. The molecule has 2 N–H and O–H groups in total. The molecule has 2 aromatic rings. The topological polar surface area (TPSA) is 46.3 Å². The summed E-state index contributed by atoms with van der Waals surface area (Å²) in [5, 5.41) is 1.94. The van der Waals surface area contributed by atoms with E-state index in [-0.39, 0.29) is 5.91 Å². The second kappa shape index (κ2) is 4.46. The van der Waals surface area contributed by atoms with Gasteiger partial charge in [0.1, 0.15) is 0 Å². The van der Waals surface area contributed by atoms with E-state index in [2.05, 4.69) is 0 Å². The maximum atomic E-state index is 12.2. The van der Waals surface area contributed by atoms with Crippen molar-refractivity contribution in [3.8, 4) is 0 Å². The number of benzene rings is 1. The average molecular weight is 258 g/mol. The van der Waals surface area contributed by atoms with Gasteiger partial charge in [0.25, 0.3) is 5.91 Å². The summed E-state index contributed by atoms with van der Waals surface area (Å²) in [6, 6.07) is 9.74. The summed E-state index contributed by atoms with van der Waals surface area (Å²) in [6.45, 7) is 1.46. The normalized spacial score (nSPS) is 14.3. The number of anilines is 1. The largest absolute Gasteiger partial charge is 0.399 e. The van der Waals surface area contributed by atoms with Gasteiger partial charge in [0.15, 0.2) is 0 Å². The lowest BCUT2D eigenvalue weighted by Crippen LogP contribution is -2.35. The molecular weight excluding hydrogens is 244 g/mol. The molecule has 2 heterocycles. The minimum Gasteiger partial charge on any atom is -0.399 e. The van der Waals surface area contributed by atoms with Gasteiger partial charge >= 0.3 is 0 Å². The summed E-state index contributed by atoms with van der Waals surface area (Å²) in [7, 11) is 0. The Labute approximate surface area is 110 Å². The molecule has 1 amide bonds. The second-order valence-corrected chi connectivity index (χ2v) is 5.43. The van der Waals surface area contributed by atoms with E-state index >= 15 is 0 Å². The van der Waals surface area contributed by atoms with Crippen LogP contribution in [0.2, 0.25) is 0 Å². The molecule has 0 saturated heterocycles. The van der Waals surface area contributed by atoms with Crippen LogP contribution in [0.5, 0.6) is 0 Å². The lowest BCUT2D eigenvalue weighted by Gasteiger charge is -2.28. The number of nitrogens with two attached hydrogens (primary N) is 1. The Morgan fingerprint density at radius 1 is 1.28 bits per heavy atom. The molecule has 0 saturated carbocycles. The van der Waals surface area contributed by atoms with Crippen molar-refractivity contribution < 1.29 is 4.79 Å². The van der Waals surface area contributed by atoms with Gasteiger partial charge < -0.3 is 10.6 Å². The van der Waals surface area contributed by atoms with Gasteiger partial charge in [-0.25, -0.2) is 0 Å². The fourth-order valence-electron chi connectivity index (χ4n) is 2.30. The van der Waals surface area contributed by atoms with E-state index in [0.29, 0.717) is 6.54 Å². The lowest BCUT2D eigenvalue weighted by atomic mass is 9.99. The molecule has 1 aromatic heterocycles. The van der Waals surface area contributed by atoms with Crippen LogP contribution in [0.15, 0.2) is 35.7 Å². The van der Waals surface area contributed by atoms with Crippen molar-refractivity contribution in [1.29, 1.82) is 0 Å². The summed E-state index contributed by atoms with van der Waals surface area (Å²) >= 11 is 1.50. The van der Waals surface area contributed by atoms with Crippen LogP contribution in [0.3, 0.4) is 0 Å². The number of hydrogen-bond acceptors (Lipinski definition) is 3. The quantitative estimate of drug-likeness (QED) is 0.799. The van der Waals surface area contributed by atoms with Gasteiger partial charge in [0.2, 0.25) is 0 Å². The highest BCUT2D eigenvalue weighted by Crippen LogP contribution is 2.23. The van der Waals surface area contributed by atoms with Crippen molar-refractivity contribution in [2.75, 3.05) is 12.3 Å². The monoisotopic (exact) mass is 258 g/mol. The predicted octanol–water partition coefficient (Wildman–Crippen LogP) is 2.53. The Morgan fingerprint density at radius 3 is 2.94 bits per heavy atom. The highest BCUT2D eigenvalue weighted by atomic mass is 32.1. The van der Waals surface area contributed by atoms with Crippen LogP contribution in [0, 0.1) is 0 Å². The summed E-state index contributed by atoms with van der Waals surface area (Å²) in [5.74, 6) is 0.132. The molecule has 0 aliphatic carbocycles. The first-order valence-corrected chi connectivity index (χ1v) is 6.82. The summed E-state index contributed by atoms with van der Waals surface area (Å²) in [4.78, 5) is 15.0. The van der Waals surface area contributed by atoms with Crippen molar-refractivity contribution in [3.05, 3.63) is 51.7 Å². The van der Waals surface area contributed by atoms with Gasteiger partial charge in [-0.05, 0) is 41.1 Å². The molecule has 1 aliphatic rings. The molecule has 0 atom stereocenters. The highest BCUT2D eigenvalue weighted by Gasteiger charge is 2.22. The number of amides is 1. The van der Waals surface area contributed by atoms with Crippen LogP contribution in [0.1, 0.15) is 20.8 Å². The molecular formula is C14H14N2OS. The number of hydrogen-bond donors (Lipinski definition) is 1. The minimum atomic E-state index is 0.132. The molecule has 3 nitrogen and oxygen atoms in total. The van der Waals surface area contributed by atoms with E-state index in [1.165, 1.54) is 22.5 Å². The molecule has 1 aromatic carbocycles. The third-order valence-electron chi connectivity index (χ3n) is 3.26. The second-order valence-electron chi connectivity index (χ2n) is 4.48. The van der Waals surface area contributed by atoms with Crippen molar-refractivity contribution in [2.24, 2.45) is 0 Å². The molecule has 0 unspecified atom stereocenters. The fraction of sp³-hybridized carbons (Fsp3) is 0.214. The predicted molar refractivity (Wildman–Crippen MR) is 73.6 cm³/mol. The maximum absolute atomic E-state index is 12.2. The number of carbonyl (C=O) groups excluding carboxylic acids is 1. The number of carbonyl (C=O) groups is 1. The smallest absolute Gasteiger partial charge is 0.264 e. The van der Waals surface area contributed by atoms with Crippen LogP contribution in [0.25, 0.3) is 0 Å². The van der Waals surface area contributed by atoms with Crippen LogP contribution < -0.4 is 5.73 Å². The summed E-state index contributed by atoms with van der Waals surface area (Å²) < 4.78 is 0. The first-order chi connectivity index (χ1) is 8.74. The lowest BCUT2D eigenvalue weighted by molar-refractivity contribution is 0.0739. The highest BCUT2D eigenvalue weighted by molar-refractivity contribution is 7.12. The van der Waals surface area contributed by atoms with Gasteiger partial charge in [-0.15, -0.1) is 11.3 Å². The van der Waals surface area contributed by atoms with Gasteiger partial charge in [0, 0.05) is 18.8 Å². The van der Waals surface area contributed by atoms with Crippen molar-refractivity contribution in [1.82, 2.24) is 4.90 Å². The van der Waals surface area contributed by atoms with Gasteiger partial charge in [-0.2, -0.15) is 0 Å². The first-order valence-electron chi connectivity index (χ1n) is 5.94. The average Bonchev–Trinajstić information content (AvgIpc) is 2.91. The molecule has 0 bridgehead atoms. The molecule has 3 rings (SSSR count). The molecule has 0 fully saturated rings. The van der Waals surface area contributed by atoms with Crippen LogP contribution >= 0.6 is 11.3 Å². The molecule has 18 heavy (non-hydrogen) atoms. The number of rotatable bonds is 1. The molecule has 0 radical (unpaired) electrons. The number of fused-ring (bicyclic) bond motifs is 1. The van der Waals surface area contributed by atoms with Crippen molar-refractivity contribution >= 4 is 22.9 Å². The number of nitrogens with zero attached hydrogens (tertiary/aromatic N) is 1. The Balaban J connectivity index is 1.83. The maximum Gasteiger partial charge on any atom is 0.264 e. The van der Waals surface area contributed by atoms with E-state index < -0.39 is 0 Å². The van der Waals surface area contributed by atoms with Gasteiger partial charge in [-0.3, -0.25) is 4.79 Å². The van der Waals surface area contributed by atoms with Crippen LogP contribution in [-0.2, 0) is 13.0 Å². The van der Waals surface area contributed by atoms with Crippen molar-refractivity contribution in [2.45, 2.75) is 13.0 Å². The van der Waals surface area contributed by atoms with Crippen molar-refractivity contribution in [3.63, 3.8) is 0 Å². The van der Waals surface area contributed by atoms with E-state index in [0.717, 1.165) is 23.5 Å². The van der Waals surface area contributed by atoms with Gasteiger partial charge in [-0.1, -0.05) is 12.1 Å². The molecule has 1 aliphatic heterocycles. The van der Waals surface area contributed by atoms with Gasteiger partial charge in [0.05, 0.1) is 4.88 Å². The Bertz CT molecular complexity index is 577. The zero-order valence-corrected chi connectivity index (χ0v) is 10.7. The Hall–Kier alpha value is -1.81. The minimum absolute atomic E-state index is 0.132. The Kier molecular flexibility index (Phi) is 2.80. The zero-order valence-electron chi connectivity index (χ0n) is 9.93. The van der Waals surface area contributed by atoms with E-state index in [9.17, 15) is 4.79 Å². The van der Waals surface area contributed by atoms with Crippen LogP contribution in [0.4, 0.5) is 5.69 Å². The van der Waals surface area contributed by atoms with Crippen LogP contribution in [-0.4, -0.2) is 17.4 Å². The van der Waals surface area contributed by atoms with E-state index in [4.69, 9.17) is 5.73 Å². The fourth-order valence-corrected chi connectivity index (χ4v) is 2.99. The SMILES string of the molecule is Nc1ccc2c(c1)CCN(C(=O)c1cccs1)C2. The standard InChI is InChI=1S/C14H14N2OS/c15-12-4-3-11-9-16(6-5-10(11)8-12)14(17)13-2-1-7-18-13/h1-4,7-8H,5-6,9,15H2. The molecule has 4 heteroatoms. The number of nitrogen functional groups attached to an aromatic ring is 1. The molecule has 0 spiro atoms. The third kappa shape index (κ3) is 1.99. The first kappa shape index (κ1) is 11.3. The summed E-state index contributed by atoms with van der Waals surface area (Å²) in [5.41, 5.74) is 9.05. The zero-order chi connectivity index (χ0) is 12.5.